The molecule has 0 aliphatic heterocycles. The number of fused-ring (bicyclic) bond motifs is 1. The van der Waals surface area contributed by atoms with Gasteiger partial charge in [0.15, 0.2) is 6.29 Å². The highest BCUT2D eigenvalue weighted by molar-refractivity contribution is 5.97. The van der Waals surface area contributed by atoms with Crippen LogP contribution in [-0.2, 0) is 6.42 Å². The lowest BCUT2D eigenvalue weighted by atomic mass is 10.0. The van der Waals surface area contributed by atoms with Crippen molar-refractivity contribution < 1.29 is 4.79 Å². The molecule has 21 heavy (non-hydrogen) atoms. The molecule has 2 heterocycles. The topological polar surface area (TPSA) is 42.9 Å². The molecule has 0 N–H and O–H groups in total. The van der Waals surface area contributed by atoms with Gasteiger partial charge in [0.2, 0.25) is 0 Å². The molecule has 0 bridgehead atoms. The van der Waals surface area contributed by atoms with Gasteiger partial charge in [-0.1, -0.05) is 37.6 Å². The van der Waals surface area contributed by atoms with Crippen molar-refractivity contribution in [2.45, 2.75) is 19.8 Å². The Hall–Kier alpha value is -2.55. The first-order valence-corrected chi connectivity index (χ1v) is 7.11. The Bertz CT molecular complexity index is 779. The van der Waals surface area contributed by atoms with E-state index in [1.807, 2.05) is 12.1 Å². The standard InChI is InChI=1S/C18H16N2O/c1-2-3-13-4-6-14(7-5-13)18-10-15(12-21)16-11-19-9-8-17(16)20-18/h4-12H,2-3H2,1H3. The van der Waals surface area contributed by atoms with Gasteiger partial charge in [-0.3, -0.25) is 9.78 Å². The minimum absolute atomic E-state index is 0.626. The fraction of sp³-hybridized carbons (Fsp3) is 0.167. The average molecular weight is 276 g/mol. The Morgan fingerprint density at radius 1 is 1.14 bits per heavy atom. The molecular weight excluding hydrogens is 260 g/mol. The maximum Gasteiger partial charge on any atom is 0.150 e. The van der Waals surface area contributed by atoms with Crippen LogP contribution in [0.4, 0.5) is 0 Å². The molecule has 104 valence electrons. The third kappa shape index (κ3) is 2.68. The summed E-state index contributed by atoms with van der Waals surface area (Å²) in [4.78, 5) is 20.0. The number of nitrogens with zero attached hydrogens (tertiary/aromatic N) is 2. The Balaban J connectivity index is 2.09. The summed E-state index contributed by atoms with van der Waals surface area (Å²) in [5.74, 6) is 0. The van der Waals surface area contributed by atoms with Crippen LogP contribution in [0, 0.1) is 0 Å². The summed E-state index contributed by atoms with van der Waals surface area (Å²) in [6, 6.07) is 12.0. The van der Waals surface area contributed by atoms with E-state index in [0.717, 1.165) is 41.3 Å². The van der Waals surface area contributed by atoms with Gasteiger partial charge >= 0.3 is 0 Å². The molecule has 3 aromatic rings. The monoisotopic (exact) mass is 276 g/mol. The zero-order chi connectivity index (χ0) is 14.7. The van der Waals surface area contributed by atoms with Crippen molar-refractivity contribution in [3.8, 4) is 11.3 Å². The molecule has 0 amide bonds. The van der Waals surface area contributed by atoms with Crippen molar-refractivity contribution in [1.82, 2.24) is 9.97 Å². The number of hydrogen-bond donors (Lipinski definition) is 0. The zero-order valence-electron chi connectivity index (χ0n) is 11.9. The van der Waals surface area contributed by atoms with Crippen LogP contribution in [0.1, 0.15) is 29.3 Å². The summed E-state index contributed by atoms with van der Waals surface area (Å²) in [6.07, 6.45) is 6.45. The molecule has 0 saturated heterocycles. The number of rotatable bonds is 4. The number of aryl methyl sites for hydroxylation is 1. The van der Waals surface area contributed by atoms with Gasteiger partial charge in [-0.05, 0) is 24.1 Å². The molecule has 3 heteroatoms. The third-order valence-corrected chi connectivity index (χ3v) is 3.56. The molecule has 2 aromatic heterocycles. The summed E-state index contributed by atoms with van der Waals surface area (Å²) in [5.41, 5.74) is 4.58. The highest BCUT2D eigenvalue weighted by atomic mass is 16.1. The summed E-state index contributed by atoms with van der Waals surface area (Å²) in [7, 11) is 0. The van der Waals surface area contributed by atoms with E-state index in [9.17, 15) is 4.79 Å². The molecule has 0 aliphatic carbocycles. The Labute approximate surface area is 123 Å². The van der Waals surface area contributed by atoms with Crippen molar-refractivity contribution in [1.29, 1.82) is 0 Å². The second-order valence-corrected chi connectivity index (χ2v) is 5.05. The van der Waals surface area contributed by atoms with Crippen LogP contribution in [0.15, 0.2) is 48.8 Å². The predicted molar refractivity (Wildman–Crippen MR) is 84.4 cm³/mol. The Morgan fingerprint density at radius 3 is 2.67 bits per heavy atom. The normalized spacial score (nSPS) is 10.7. The van der Waals surface area contributed by atoms with Crippen LogP contribution in [0.25, 0.3) is 22.2 Å². The molecule has 0 atom stereocenters. The van der Waals surface area contributed by atoms with E-state index < -0.39 is 0 Å². The smallest absolute Gasteiger partial charge is 0.150 e. The van der Waals surface area contributed by atoms with E-state index in [2.05, 4.69) is 41.2 Å². The highest BCUT2D eigenvalue weighted by Gasteiger charge is 2.07. The fourth-order valence-corrected chi connectivity index (χ4v) is 2.47. The lowest BCUT2D eigenvalue weighted by Crippen LogP contribution is -1.92. The number of carbonyl (C=O) groups excluding carboxylic acids is 1. The summed E-state index contributed by atoms with van der Waals surface area (Å²) < 4.78 is 0. The minimum atomic E-state index is 0.626. The van der Waals surface area contributed by atoms with Gasteiger partial charge in [-0.2, -0.15) is 0 Å². The first-order chi connectivity index (χ1) is 10.3. The average Bonchev–Trinajstić information content (AvgIpc) is 2.55. The van der Waals surface area contributed by atoms with Gasteiger partial charge < -0.3 is 0 Å². The zero-order valence-corrected chi connectivity index (χ0v) is 11.9. The largest absolute Gasteiger partial charge is 0.298 e. The maximum atomic E-state index is 11.3. The fourth-order valence-electron chi connectivity index (χ4n) is 2.47. The number of aldehydes is 1. The van der Waals surface area contributed by atoms with Gasteiger partial charge in [0.05, 0.1) is 11.2 Å². The molecule has 0 spiro atoms. The number of carbonyl (C=O) groups is 1. The predicted octanol–water partition coefficient (Wildman–Crippen LogP) is 4.06. The van der Waals surface area contributed by atoms with Gasteiger partial charge in [0.1, 0.15) is 0 Å². The van der Waals surface area contributed by atoms with E-state index in [0.29, 0.717) is 5.56 Å². The van der Waals surface area contributed by atoms with Gasteiger partial charge in [-0.25, -0.2) is 4.98 Å². The first kappa shape index (κ1) is 13.4. The molecule has 0 unspecified atom stereocenters. The molecule has 3 rings (SSSR count). The molecule has 1 aromatic carbocycles. The SMILES string of the molecule is CCCc1ccc(-c2cc(C=O)c3cnccc3n2)cc1. The van der Waals surface area contributed by atoms with Crippen LogP contribution >= 0.6 is 0 Å². The van der Waals surface area contributed by atoms with Crippen molar-refractivity contribution in [2.24, 2.45) is 0 Å². The summed E-state index contributed by atoms with van der Waals surface area (Å²) in [5, 5.41) is 0.791. The molecule has 0 radical (unpaired) electrons. The number of aromatic nitrogens is 2. The van der Waals surface area contributed by atoms with E-state index in [1.54, 1.807) is 12.4 Å². The van der Waals surface area contributed by atoms with E-state index >= 15 is 0 Å². The number of hydrogen-bond acceptors (Lipinski definition) is 3. The van der Waals surface area contributed by atoms with Gasteiger partial charge in [0.25, 0.3) is 0 Å². The van der Waals surface area contributed by atoms with Crippen molar-refractivity contribution in [2.75, 3.05) is 0 Å². The number of benzene rings is 1. The number of pyridine rings is 2. The molecule has 0 saturated carbocycles. The van der Waals surface area contributed by atoms with Crippen molar-refractivity contribution in [3.63, 3.8) is 0 Å². The van der Waals surface area contributed by atoms with E-state index in [4.69, 9.17) is 0 Å². The lowest BCUT2D eigenvalue weighted by Gasteiger charge is -2.06. The van der Waals surface area contributed by atoms with Crippen LogP contribution < -0.4 is 0 Å². The van der Waals surface area contributed by atoms with Crippen molar-refractivity contribution >= 4 is 17.2 Å². The van der Waals surface area contributed by atoms with Crippen LogP contribution in [0.5, 0.6) is 0 Å². The second kappa shape index (κ2) is 5.83. The van der Waals surface area contributed by atoms with Crippen molar-refractivity contribution in [3.05, 3.63) is 59.9 Å². The first-order valence-electron chi connectivity index (χ1n) is 7.11. The maximum absolute atomic E-state index is 11.3. The Kier molecular flexibility index (Phi) is 3.73. The summed E-state index contributed by atoms with van der Waals surface area (Å²) in [6.45, 7) is 2.17. The Morgan fingerprint density at radius 2 is 1.95 bits per heavy atom. The second-order valence-electron chi connectivity index (χ2n) is 5.05. The molecular formula is C18H16N2O. The van der Waals surface area contributed by atoms with Crippen LogP contribution in [0.3, 0.4) is 0 Å². The molecule has 0 aliphatic rings. The van der Waals surface area contributed by atoms with E-state index in [1.165, 1.54) is 5.56 Å². The lowest BCUT2D eigenvalue weighted by molar-refractivity contribution is 0.112. The summed E-state index contributed by atoms with van der Waals surface area (Å²) >= 11 is 0. The third-order valence-electron chi connectivity index (χ3n) is 3.56. The van der Waals surface area contributed by atoms with Crippen LogP contribution in [-0.4, -0.2) is 16.3 Å². The van der Waals surface area contributed by atoms with Gasteiger partial charge in [-0.15, -0.1) is 0 Å². The van der Waals surface area contributed by atoms with Crippen LogP contribution in [0.2, 0.25) is 0 Å². The van der Waals surface area contributed by atoms with Gasteiger partial charge in [0, 0.05) is 28.9 Å². The molecule has 0 fully saturated rings. The van der Waals surface area contributed by atoms with E-state index in [-0.39, 0.29) is 0 Å². The molecule has 3 nitrogen and oxygen atoms in total. The quantitative estimate of drug-likeness (QED) is 0.675. The minimum Gasteiger partial charge on any atom is -0.298 e. The highest BCUT2D eigenvalue weighted by Crippen LogP contribution is 2.24.